The lowest BCUT2D eigenvalue weighted by atomic mass is 10.2. The Bertz CT molecular complexity index is 427. The highest BCUT2D eigenvalue weighted by Crippen LogP contribution is 2.19. The highest BCUT2D eigenvalue weighted by Gasteiger charge is 2.06. The van der Waals surface area contributed by atoms with Crippen LogP contribution >= 0.6 is 11.6 Å². The van der Waals surface area contributed by atoms with E-state index >= 15 is 0 Å². The van der Waals surface area contributed by atoms with E-state index in [9.17, 15) is 0 Å². The maximum atomic E-state index is 5.49. The first-order valence-corrected chi connectivity index (χ1v) is 4.04. The van der Waals surface area contributed by atoms with Crippen LogP contribution in [0.2, 0.25) is 5.35 Å². The molecule has 0 atom stereocenters. The summed E-state index contributed by atoms with van der Waals surface area (Å²) in [6.07, 6.45) is 3.40. The van der Waals surface area contributed by atoms with Crippen molar-refractivity contribution in [1.82, 2.24) is 15.2 Å². The molecule has 2 aromatic rings. The summed E-state index contributed by atoms with van der Waals surface area (Å²) in [5.74, 6) is 0.390. The highest BCUT2D eigenvalue weighted by molar-refractivity contribution is 6.27. The van der Waals surface area contributed by atoms with E-state index in [-0.39, 0.29) is 5.35 Å². The van der Waals surface area contributed by atoms with Gasteiger partial charge in [0.2, 0.25) is 0 Å². The van der Waals surface area contributed by atoms with Crippen molar-refractivity contribution >= 4 is 11.6 Å². The minimum absolute atomic E-state index is 0.0384. The van der Waals surface area contributed by atoms with E-state index in [2.05, 4.69) is 15.2 Å². The number of hydrogen-bond donors (Lipinski definition) is 0. The van der Waals surface area contributed by atoms with Crippen LogP contribution in [-0.4, -0.2) is 15.2 Å². The second-order valence-electron chi connectivity index (χ2n) is 2.61. The molecule has 0 bridgehead atoms. The summed E-state index contributed by atoms with van der Waals surface area (Å²) in [4.78, 5) is 4.00. The molecule has 4 nitrogen and oxygen atoms in total. The van der Waals surface area contributed by atoms with Gasteiger partial charge in [-0.05, 0) is 30.2 Å². The fourth-order valence-electron chi connectivity index (χ4n) is 0.994. The van der Waals surface area contributed by atoms with E-state index in [1.807, 2.05) is 13.0 Å². The molecule has 5 heteroatoms. The van der Waals surface area contributed by atoms with Crippen molar-refractivity contribution in [3.8, 4) is 11.5 Å². The smallest absolute Gasteiger partial charge is 0.313 e. The fraction of sp³-hybridized carbons (Fsp3) is 0.125. The van der Waals surface area contributed by atoms with E-state index in [0.717, 1.165) is 11.1 Å². The number of pyridine rings is 1. The monoisotopic (exact) mass is 195 g/mol. The van der Waals surface area contributed by atoms with Crippen molar-refractivity contribution in [1.29, 1.82) is 0 Å². The van der Waals surface area contributed by atoms with Crippen molar-refractivity contribution in [2.75, 3.05) is 0 Å². The van der Waals surface area contributed by atoms with Gasteiger partial charge in [-0.15, -0.1) is 5.10 Å². The first kappa shape index (κ1) is 8.19. The van der Waals surface area contributed by atoms with Gasteiger partial charge in [-0.2, -0.15) is 0 Å². The largest absolute Gasteiger partial charge is 0.407 e. The zero-order chi connectivity index (χ0) is 9.26. The van der Waals surface area contributed by atoms with Crippen LogP contribution in [0, 0.1) is 6.92 Å². The Morgan fingerprint density at radius 2 is 2.15 bits per heavy atom. The van der Waals surface area contributed by atoms with Gasteiger partial charge in [-0.3, -0.25) is 4.98 Å². The summed E-state index contributed by atoms with van der Waals surface area (Å²) in [7, 11) is 0. The second kappa shape index (κ2) is 3.14. The van der Waals surface area contributed by atoms with Crippen LogP contribution < -0.4 is 0 Å². The number of aromatic nitrogens is 3. The third-order valence-electron chi connectivity index (χ3n) is 1.52. The maximum Gasteiger partial charge on any atom is 0.313 e. The van der Waals surface area contributed by atoms with Crippen LogP contribution in [0.25, 0.3) is 11.5 Å². The molecule has 0 aromatic carbocycles. The average molecular weight is 196 g/mol. The number of aryl methyl sites for hydroxylation is 1. The zero-order valence-corrected chi connectivity index (χ0v) is 7.62. The molecular formula is C8H6ClN3O. The predicted octanol–water partition coefficient (Wildman–Crippen LogP) is 2.09. The molecule has 13 heavy (non-hydrogen) atoms. The van der Waals surface area contributed by atoms with E-state index in [1.165, 1.54) is 0 Å². The summed E-state index contributed by atoms with van der Waals surface area (Å²) in [6.45, 7) is 1.94. The van der Waals surface area contributed by atoms with Gasteiger partial charge in [0.25, 0.3) is 5.89 Å². The molecule has 0 fully saturated rings. The third-order valence-corrected chi connectivity index (χ3v) is 1.67. The van der Waals surface area contributed by atoms with E-state index in [0.29, 0.717) is 5.89 Å². The molecule has 2 heterocycles. The van der Waals surface area contributed by atoms with Crippen LogP contribution in [0.4, 0.5) is 0 Å². The molecule has 2 rings (SSSR count). The van der Waals surface area contributed by atoms with Gasteiger partial charge in [-0.25, -0.2) is 0 Å². The molecule has 0 saturated carbocycles. The van der Waals surface area contributed by atoms with Gasteiger partial charge in [0.1, 0.15) is 0 Å². The maximum absolute atomic E-state index is 5.49. The number of nitrogens with zero attached hydrogens (tertiary/aromatic N) is 3. The molecule has 0 aliphatic rings. The Hall–Kier alpha value is -1.42. The molecule has 0 amide bonds. The van der Waals surface area contributed by atoms with Crippen LogP contribution in [-0.2, 0) is 0 Å². The lowest BCUT2D eigenvalue weighted by Gasteiger charge is -1.94. The summed E-state index contributed by atoms with van der Waals surface area (Å²) in [5, 5.41) is 7.32. The number of halogens is 1. The Morgan fingerprint density at radius 3 is 2.77 bits per heavy atom. The van der Waals surface area contributed by atoms with E-state index < -0.39 is 0 Å². The lowest BCUT2D eigenvalue weighted by Crippen LogP contribution is -1.81. The van der Waals surface area contributed by atoms with Crippen molar-refractivity contribution in [3.05, 3.63) is 29.4 Å². The van der Waals surface area contributed by atoms with Crippen molar-refractivity contribution in [3.63, 3.8) is 0 Å². The van der Waals surface area contributed by atoms with Gasteiger partial charge < -0.3 is 4.42 Å². The van der Waals surface area contributed by atoms with Crippen molar-refractivity contribution in [2.45, 2.75) is 6.92 Å². The van der Waals surface area contributed by atoms with Gasteiger partial charge in [0, 0.05) is 12.4 Å². The Kier molecular flexibility index (Phi) is 1.98. The quantitative estimate of drug-likeness (QED) is 0.699. The first-order chi connectivity index (χ1) is 6.25. The zero-order valence-electron chi connectivity index (χ0n) is 6.86. The molecule has 0 aliphatic carbocycles. The number of hydrogen-bond acceptors (Lipinski definition) is 4. The average Bonchev–Trinajstić information content (AvgIpc) is 2.52. The minimum Gasteiger partial charge on any atom is -0.407 e. The van der Waals surface area contributed by atoms with Gasteiger partial charge >= 0.3 is 5.35 Å². The predicted molar refractivity (Wildman–Crippen MR) is 47.3 cm³/mol. The molecule has 0 N–H and O–H groups in total. The topological polar surface area (TPSA) is 51.8 Å². The van der Waals surface area contributed by atoms with Gasteiger partial charge in [-0.1, -0.05) is 5.10 Å². The number of rotatable bonds is 1. The molecule has 2 aromatic heterocycles. The van der Waals surface area contributed by atoms with Crippen LogP contribution in [0.15, 0.2) is 22.9 Å². The summed E-state index contributed by atoms with van der Waals surface area (Å²) in [5.41, 5.74) is 1.81. The van der Waals surface area contributed by atoms with Crippen LogP contribution in [0.3, 0.4) is 0 Å². The van der Waals surface area contributed by atoms with Crippen LogP contribution in [0.5, 0.6) is 0 Å². The van der Waals surface area contributed by atoms with E-state index in [4.69, 9.17) is 16.0 Å². The normalized spacial score (nSPS) is 10.3. The Balaban J connectivity index is 2.46. The van der Waals surface area contributed by atoms with E-state index in [1.54, 1.807) is 12.4 Å². The molecule has 0 unspecified atom stereocenters. The van der Waals surface area contributed by atoms with Crippen molar-refractivity contribution < 1.29 is 4.42 Å². The third kappa shape index (κ3) is 1.67. The lowest BCUT2D eigenvalue weighted by molar-refractivity contribution is 0.570. The van der Waals surface area contributed by atoms with Crippen molar-refractivity contribution in [2.24, 2.45) is 0 Å². The second-order valence-corrected chi connectivity index (χ2v) is 2.93. The van der Waals surface area contributed by atoms with Crippen LogP contribution in [0.1, 0.15) is 5.56 Å². The standard InChI is InChI=1S/C8H6ClN3O/c1-5-2-6(4-10-3-5)7-11-12-8(9)13-7/h2-4H,1H3. The summed E-state index contributed by atoms with van der Waals surface area (Å²) < 4.78 is 5.03. The highest BCUT2D eigenvalue weighted by atomic mass is 35.5. The molecule has 0 radical (unpaired) electrons. The summed E-state index contributed by atoms with van der Waals surface area (Å²) >= 11 is 5.49. The molecule has 0 spiro atoms. The molecule has 66 valence electrons. The SMILES string of the molecule is Cc1cncc(-c2nnc(Cl)o2)c1. The Labute approximate surface area is 79.6 Å². The van der Waals surface area contributed by atoms with Gasteiger partial charge in [0.05, 0.1) is 5.56 Å². The Morgan fingerprint density at radius 1 is 1.31 bits per heavy atom. The van der Waals surface area contributed by atoms with Gasteiger partial charge in [0.15, 0.2) is 0 Å². The molecule has 0 aliphatic heterocycles. The molecule has 0 saturated heterocycles. The first-order valence-electron chi connectivity index (χ1n) is 3.67. The molecular weight excluding hydrogens is 190 g/mol. The fourth-order valence-corrected chi connectivity index (χ4v) is 1.10. The summed E-state index contributed by atoms with van der Waals surface area (Å²) in [6, 6.07) is 1.90. The minimum atomic E-state index is 0.0384.